The molecule has 1 aromatic heterocycles. The van der Waals surface area contributed by atoms with E-state index in [4.69, 9.17) is 9.84 Å². The highest BCUT2D eigenvalue weighted by molar-refractivity contribution is 7.10. The quantitative estimate of drug-likeness (QED) is 0.851. The van der Waals surface area contributed by atoms with Crippen LogP contribution < -0.4 is 0 Å². The van der Waals surface area contributed by atoms with Gasteiger partial charge in [0, 0.05) is 12.8 Å². The Hall–Kier alpha value is -0.910. The lowest BCUT2D eigenvalue weighted by Crippen LogP contribution is -2.44. The maximum absolute atomic E-state index is 11.1. The topological polar surface area (TPSA) is 66.8 Å². The summed E-state index contributed by atoms with van der Waals surface area (Å²) in [5.74, 6) is -0.987. The second kappa shape index (κ2) is 4.08. The van der Waals surface area contributed by atoms with E-state index in [-0.39, 0.29) is 5.56 Å². The van der Waals surface area contributed by atoms with Gasteiger partial charge in [0.25, 0.3) is 0 Å². The van der Waals surface area contributed by atoms with Crippen molar-refractivity contribution in [3.05, 3.63) is 21.9 Å². The Kier molecular flexibility index (Phi) is 3.01. The molecule has 2 heterocycles. The molecule has 0 bridgehead atoms. The summed E-state index contributed by atoms with van der Waals surface area (Å²) in [4.78, 5) is 11.6. The Bertz CT molecular complexity index is 437. The minimum absolute atomic E-state index is 0.204. The normalized spacial score (nSPS) is 27.9. The number of hydrogen-bond donors (Lipinski definition) is 2. The van der Waals surface area contributed by atoms with Crippen LogP contribution in [0.25, 0.3) is 0 Å². The van der Waals surface area contributed by atoms with Crippen molar-refractivity contribution in [2.24, 2.45) is 0 Å². The average molecular weight is 256 g/mol. The van der Waals surface area contributed by atoms with Crippen LogP contribution in [0.1, 0.15) is 41.9 Å². The first-order valence-corrected chi connectivity index (χ1v) is 6.40. The minimum atomic E-state index is -1.08. The SMILES string of the molecule is CC1(C)CC(O)(c2sccc2C(=O)O)CCO1. The maximum atomic E-state index is 11.1. The lowest BCUT2D eigenvalue weighted by molar-refractivity contribution is -0.146. The van der Waals surface area contributed by atoms with Crippen molar-refractivity contribution < 1.29 is 19.7 Å². The number of aliphatic hydroxyl groups is 1. The molecule has 0 amide bonds. The Morgan fingerprint density at radius 3 is 2.82 bits per heavy atom. The summed E-state index contributed by atoms with van der Waals surface area (Å²) in [6.45, 7) is 4.26. The van der Waals surface area contributed by atoms with Crippen LogP contribution in [-0.2, 0) is 10.3 Å². The molecule has 1 aliphatic heterocycles. The molecule has 2 N–H and O–H groups in total. The summed E-state index contributed by atoms with van der Waals surface area (Å²) >= 11 is 1.30. The smallest absolute Gasteiger partial charge is 0.336 e. The molecule has 1 aromatic rings. The molecule has 0 aromatic carbocycles. The van der Waals surface area contributed by atoms with Crippen molar-refractivity contribution in [2.75, 3.05) is 6.61 Å². The van der Waals surface area contributed by atoms with Crippen molar-refractivity contribution in [1.82, 2.24) is 0 Å². The number of rotatable bonds is 2. The lowest BCUT2D eigenvalue weighted by atomic mass is 9.82. The Morgan fingerprint density at radius 2 is 2.24 bits per heavy atom. The molecule has 4 nitrogen and oxygen atoms in total. The van der Waals surface area contributed by atoms with Crippen LogP contribution in [-0.4, -0.2) is 28.4 Å². The van der Waals surface area contributed by atoms with E-state index < -0.39 is 17.2 Å². The number of aromatic carboxylic acids is 1. The van der Waals surface area contributed by atoms with E-state index in [1.54, 1.807) is 11.4 Å². The largest absolute Gasteiger partial charge is 0.478 e. The van der Waals surface area contributed by atoms with Crippen LogP contribution in [0.3, 0.4) is 0 Å². The Morgan fingerprint density at radius 1 is 1.53 bits per heavy atom. The molecule has 5 heteroatoms. The van der Waals surface area contributed by atoms with Gasteiger partial charge >= 0.3 is 5.97 Å². The molecule has 0 saturated carbocycles. The standard InChI is InChI=1S/C12H16O4S/c1-11(2)7-12(15,4-5-16-11)9-8(10(13)14)3-6-17-9/h3,6,15H,4-5,7H2,1-2H3,(H,13,14). The maximum Gasteiger partial charge on any atom is 0.336 e. The molecular weight excluding hydrogens is 240 g/mol. The van der Waals surface area contributed by atoms with E-state index in [0.717, 1.165) is 0 Å². The number of ether oxygens (including phenoxy) is 1. The minimum Gasteiger partial charge on any atom is -0.478 e. The number of thiophene rings is 1. The first-order chi connectivity index (χ1) is 7.84. The Balaban J connectivity index is 2.37. The summed E-state index contributed by atoms with van der Waals surface area (Å²) in [7, 11) is 0. The van der Waals surface area contributed by atoms with Gasteiger partial charge in [0.05, 0.1) is 22.6 Å². The summed E-state index contributed by atoms with van der Waals surface area (Å²) in [6.07, 6.45) is 0.859. The van der Waals surface area contributed by atoms with Gasteiger partial charge in [-0.15, -0.1) is 11.3 Å². The Labute approximate surface area is 104 Å². The first-order valence-electron chi connectivity index (χ1n) is 5.52. The summed E-state index contributed by atoms with van der Waals surface area (Å²) < 4.78 is 5.56. The third-order valence-electron chi connectivity index (χ3n) is 3.04. The second-order valence-corrected chi connectivity index (χ2v) is 5.95. The summed E-state index contributed by atoms with van der Waals surface area (Å²) in [5, 5.41) is 21.5. The van der Waals surface area contributed by atoms with E-state index in [1.807, 2.05) is 13.8 Å². The molecule has 0 spiro atoms. The van der Waals surface area contributed by atoms with E-state index in [1.165, 1.54) is 11.3 Å². The van der Waals surface area contributed by atoms with E-state index in [9.17, 15) is 9.90 Å². The van der Waals surface area contributed by atoms with Gasteiger partial charge in [-0.2, -0.15) is 0 Å². The van der Waals surface area contributed by atoms with Crippen LogP contribution in [0, 0.1) is 0 Å². The predicted molar refractivity (Wildman–Crippen MR) is 64.4 cm³/mol. The van der Waals surface area contributed by atoms with Crippen LogP contribution in [0.2, 0.25) is 0 Å². The third kappa shape index (κ3) is 2.36. The van der Waals surface area contributed by atoms with Gasteiger partial charge < -0.3 is 14.9 Å². The zero-order chi connectivity index (χ0) is 12.7. The molecule has 0 radical (unpaired) electrons. The first kappa shape index (κ1) is 12.5. The monoisotopic (exact) mass is 256 g/mol. The highest BCUT2D eigenvalue weighted by Crippen LogP contribution is 2.42. The fourth-order valence-electron chi connectivity index (χ4n) is 2.37. The predicted octanol–water partition coefficient (Wildman–Crippen LogP) is 2.22. The molecule has 1 fully saturated rings. The molecule has 1 atom stereocenters. The van der Waals surface area contributed by atoms with Gasteiger partial charge in [0.1, 0.15) is 5.60 Å². The number of hydrogen-bond acceptors (Lipinski definition) is 4. The van der Waals surface area contributed by atoms with Crippen molar-refractivity contribution in [2.45, 2.75) is 37.9 Å². The van der Waals surface area contributed by atoms with Gasteiger partial charge in [-0.3, -0.25) is 0 Å². The van der Waals surface area contributed by atoms with Crippen LogP contribution in [0.15, 0.2) is 11.4 Å². The second-order valence-electron chi connectivity index (χ2n) is 5.04. The van der Waals surface area contributed by atoms with Crippen LogP contribution in [0.5, 0.6) is 0 Å². The van der Waals surface area contributed by atoms with Gasteiger partial charge in [0.15, 0.2) is 0 Å². The van der Waals surface area contributed by atoms with Gasteiger partial charge in [-0.05, 0) is 25.3 Å². The summed E-state index contributed by atoms with van der Waals surface area (Å²) in [5.41, 5.74) is -1.30. The van der Waals surface area contributed by atoms with Gasteiger partial charge in [0.2, 0.25) is 0 Å². The number of carboxylic acid groups (broad SMARTS) is 1. The molecule has 1 saturated heterocycles. The van der Waals surface area contributed by atoms with Gasteiger partial charge in [-0.25, -0.2) is 4.79 Å². The molecule has 17 heavy (non-hydrogen) atoms. The van der Waals surface area contributed by atoms with Crippen molar-refractivity contribution in [3.8, 4) is 0 Å². The fourth-order valence-corrected chi connectivity index (χ4v) is 3.39. The van der Waals surface area contributed by atoms with Crippen molar-refractivity contribution >= 4 is 17.3 Å². The van der Waals surface area contributed by atoms with Crippen molar-refractivity contribution in [3.63, 3.8) is 0 Å². The average Bonchev–Trinajstić information content (AvgIpc) is 2.63. The number of carboxylic acids is 1. The zero-order valence-electron chi connectivity index (χ0n) is 9.90. The molecule has 1 unspecified atom stereocenters. The summed E-state index contributed by atoms with van der Waals surface area (Å²) in [6, 6.07) is 1.54. The molecule has 94 valence electrons. The lowest BCUT2D eigenvalue weighted by Gasteiger charge is -2.41. The zero-order valence-corrected chi connectivity index (χ0v) is 10.7. The van der Waals surface area contributed by atoms with Crippen molar-refractivity contribution in [1.29, 1.82) is 0 Å². The van der Waals surface area contributed by atoms with Gasteiger partial charge in [-0.1, -0.05) is 0 Å². The van der Waals surface area contributed by atoms with Crippen LogP contribution in [0.4, 0.5) is 0 Å². The third-order valence-corrected chi connectivity index (χ3v) is 4.15. The van der Waals surface area contributed by atoms with E-state index in [2.05, 4.69) is 0 Å². The highest BCUT2D eigenvalue weighted by atomic mass is 32.1. The fraction of sp³-hybridized carbons (Fsp3) is 0.583. The molecule has 0 aliphatic carbocycles. The molecule has 1 aliphatic rings. The van der Waals surface area contributed by atoms with Crippen LogP contribution >= 0.6 is 11.3 Å². The highest BCUT2D eigenvalue weighted by Gasteiger charge is 2.43. The van der Waals surface area contributed by atoms with E-state index >= 15 is 0 Å². The van der Waals surface area contributed by atoms with E-state index in [0.29, 0.717) is 24.3 Å². The molecular formula is C12H16O4S. The number of carbonyl (C=O) groups is 1. The molecule has 2 rings (SSSR count).